The van der Waals surface area contributed by atoms with Gasteiger partial charge in [-0.3, -0.25) is 4.99 Å². The van der Waals surface area contributed by atoms with Crippen molar-refractivity contribution in [3.8, 4) is 22.5 Å². The summed E-state index contributed by atoms with van der Waals surface area (Å²) in [6.45, 7) is 14.2. The first-order valence-electron chi connectivity index (χ1n) is 11.9. The number of aryl methyl sites for hydroxylation is 2. The fourth-order valence-electron chi connectivity index (χ4n) is 4.82. The van der Waals surface area contributed by atoms with Crippen LogP contribution in [0.3, 0.4) is 0 Å². The third-order valence-corrected chi connectivity index (χ3v) is 6.38. The minimum absolute atomic E-state index is 0.273. The van der Waals surface area contributed by atoms with E-state index in [4.69, 9.17) is 4.42 Å². The van der Waals surface area contributed by atoms with Crippen LogP contribution in [0.1, 0.15) is 49.2 Å². The maximum atomic E-state index is 12.2. The average molecular weight is 457 g/mol. The Morgan fingerprint density at radius 2 is 1.76 bits per heavy atom. The molecular weight excluding hydrogens is 424 g/mol. The predicted molar refractivity (Wildman–Crippen MR) is 139 cm³/mol. The lowest BCUT2D eigenvalue weighted by Crippen LogP contribution is -2.30. The van der Waals surface area contributed by atoms with E-state index in [2.05, 4.69) is 55.8 Å². The van der Waals surface area contributed by atoms with E-state index < -0.39 is 5.97 Å². The molecule has 5 nitrogen and oxygen atoms in total. The molecule has 1 aliphatic carbocycles. The number of nitrogens with zero attached hydrogens (tertiary/aromatic N) is 2. The van der Waals surface area contributed by atoms with E-state index in [1.54, 1.807) is 12.1 Å². The first-order chi connectivity index (χ1) is 16.3. The van der Waals surface area contributed by atoms with Crippen LogP contribution in [0.4, 0.5) is 5.69 Å². The van der Waals surface area contributed by atoms with Crippen molar-refractivity contribution in [2.75, 3.05) is 18.0 Å². The molecule has 1 N–H and O–H groups in total. The van der Waals surface area contributed by atoms with Crippen LogP contribution >= 0.6 is 0 Å². The molecule has 1 aliphatic heterocycles. The second kappa shape index (κ2) is 9.34. The van der Waals surface area contributed by atoms with Gasteiger partial charge < -0.3 is 14.4 Å². The van der Waals surface area contributed by atoms with Crippen LogP contribution in [-0.2, 0) is 0 Å². The molecule has 2 aromatic carbocycles. The van der Waals surface area contributed by atoms with Gasteiger partial charge in [0.05, 0.1) is 10.9 Å². The van der Waals surface area contributed by atoms with Gasteiger partial charge in [-0.2, -0.15) is 0 Å². The summed E-state index contributed by atoms with van der Waals surface area (Å²) in [5, 5.41) is 11.8. The van der Waals surface area contributed by atoms with E-state index in [0.717, 1.165) is 50.8 Å². The van der Waals surface area contributed by atoms with Crippen molar-refractivity contribution in [3.63, 3.8) is 0 Å². The molecule has 4 rings (SSSR count). The summed E-state index contributed by atoms with van der Waals surface area (Å²) in [5.74, 6) is -0.250. The van der Waals surface area contributed by atoms with Crippen LogP contribution in [0.15, 0.2) is 57.9 Å². The highest BCUT2D eigenvalue weighted by Gasteiger charge is 2.23. The number of benzene rings is 3. The summed E-state index contributed by atoms with van der Waals surface area (Å²) in [4.78, 5) is 19.1. The Labute approximate surface area is 200 Å². The molecule has 5 heteroatoms. The minimum Gasteiger partial charge on any atom is -0.478 e. The Kier molecular flexibility index (Phi) is 6.47. The van der Waals surface area contributed by atoms with E-state index >= 15 is 0 Å². The number of carbonyl (C=O) groups is 1. The molecule has 1 heterocycles. The molecule has 0 radical (unpaired) electrons. The van der Waals surface area contributed by atoms with Crippen molar-refractivity contribution >= 4 is 22.6 Å². The normalized spacial score (nSPS) is 12.1. The number of anilines is 1. The van der Waals surface area contributed by atoms with Gasteiger partial charge in [0.25, 0.3) is 0 Å². The summed E-state index contributed by atoms with van der Waals surface area (Å²) < 4.78 is 6.49. The summed E-state index contributed by atoms with van der Waals surface area (Å²) in [5.41, 5.74) is 6.73. The van der Waals surface area contributed by atoms with Crippen molar-refractivity contribution < 1.29 is 14.3 Å². The second-order valence-electron chi connectivity index (χ2n) is 8.95. The van der Waals surface area contributed by atoms with Gasteiger partial charge in [-0.05, 0) is 76.4 Å². The van der Waals surface area contributed by atoms with Gasteiger partial charge in [-0.25, -0.2) is 4.79 Å². The molecule has 0 fully saturated rings. The van der Waals surface area contributed by atoms with Gasteiger partial charge in [0.15, 0.2) is 0 Å². The van der Waals surface area contributed by atoms with Gasteiger partial charge in [-0.1, -0.05) is 18.2 Å². The molecule has 0 spiro atoms. The molecule has 0 atom stereocenters. The van der Waals surface area contributed by atoms with Gasteiger partial charge in [0.1, 0.15) is 11.3 Å². The predicted octanol–water partition coefficient (Wildman–Crippen LogP) is 6.67. The SMILES string of the molecule is CCN=c1cc2oc3cc(N(CC)C(C)C)c(C)cc3c(-c3ccccc3C(=O)O)c-2cc1C. The highest BCUT2D eigenvalue weighted by atomic mass is 16.4. The minimum atomic E-state index is -0.947. The smallest absolute Gasteiger partial charge is 0.336 e. The van der Waals surface area contributed by atoms with E-state index in [1.807, 2.05) is 32.0 Å². The van der Waals surface area contributed by atoms with Crippen molar-refractivity contribution in [2.24, 2.45) is 4.99 Å². The number of hydrogen-bond donors (Lipinski definition) is 1. The zero-order valence-corrected chi connectivity index (χ0v) is 20.8. The fourth-order valence-corrected chi connectivity index (χ4v) is 4.82. The third-order valence-electron chi connectivity index (χ3n) is 6.38. The van der Waals surface area contributed by atoms with Crippen LogP contribution in [-0.4, -0.2) is 30.2 Å². The number of aromatic carboxylic acids is 1. The van der Waals surface area contributed by atoms with E-state index in [9.17, 15) is 9.90 Å². The lowest BCUT2D eigenvalue weighted by atomic mass is 9.89. The Morgan fingerprint density at radius 3 is 2.41 bits per heavy atom. The molecule has 2 aliphatic rings. The lowest BCUT2D eigenvalue weighted by molar-refractivity contribution is 0.0697. The van der Waals surface area contributed by atoms with Crippen LogP contribution < -0.4 is 10.3 Å². The Balaban J connectivity index is 2.19. The van der Waals surface area contributed by atoms with Crippen LogP contribution in [0.2, 0.25) is 0 Å². The summed E-state index contributed by atoms with van der Waals surface area (Å²) in [7, 11) is 0. The van der Waals surface area contributed by atoms with Crippen molar-refractivity contribution in [3.05, 3.63) is 70.6 Å². The number of carboxylic acid groups (broad SMARTS) is 1. The zero-order valence-electron chi connectivity index (χ0n) is 20.8. The van der Waals surface area contributed by atoms with Crippen molar-refractivity contribution in [2.45, 2.75) is 47.6 Å². The first kappa shape index (κ1) is 23.6. The number of carboxylic acids is 1. The molecule has 34 heavy (non-hydrogen) atoms. The molecule has 0 saturated carbocycles. The monoisotopic (exact) mass is 456 g/mol. The largest absolute Gasteiger partial charge is 0.478 e. The van der Waals surface area contributed by atoms with Crippen LogP contribution in [0.25, 0.3) is 33.4 Å². The molecular formula is C29H32N2O3. The Bertz CT molecular complexity index is 1420. The molecule has 0 unspecified atom stereocenters. The van der Waals surface area contributed by atoms with E-state index in [1.165, 1.54) is 0 Å². The zero-order chi connectivity index (χ0) is 24.6. The highest BCUT2D eigenvalue weighted by molar-refractivity contribution is 6.08. The summed E-state index contributed by atoms with van der Waals surface area (Å²) in [6.07, 6.45) is 0. The topological polar surface area (TPSA) is 66.0 Å². The van der Waals surface area contributed by atoms with Crippen molar-refractivity contribution in [1.29, 1.82) is 0 Å². The molecule has 0 aromatic heterocycles. The Hall–Kier alpha value is -3.60. The highest BCUT2D eigenvalue weighted by Crippen LogP contribution is 2.43. The van der Waals surface area contributed by atoms with Gasteiger partial charge in [0, 0.05) is 53.5 Å². The van der Waals surface area contributed by atoms with Gasteiger partial charge >= 0.3 is 5.97 Å². The van der Waals surface area contributed by atoms with Gasteiger partial charge in [-0.15, -0.1) is 0 Å². The maximum Gasteiger partial charge on any atom is 0.336 e. The molecule has 0 bridgehead atoms. The average Bonchev–Trinajstić information content (AvgIpc) is 2.79. The van der Waals surface area contributed by atoms with Gasteiger partial charge in [0.2, 0.25) is 0 Å². The molecule has 2 aromatic rings. The Morgan fingerprint density at radius 1 is 1.03 bits per heavy atom. The third kappa shape index (κ3) is 4.07. The molecule has 176 valence electrons. The van der Waals surface area contributed by atoms with Crippen LogP contribution in [0.5, 0.6) is 0 Å². The quantitative estimate of drug-likeness (QED) is 0.329. The lowest BCUT2D eigenvalue weighted by Gasteiger charge is -2.29. The fraction of sp³-hybridized carbons (Fsp3) is 0.310. The van der Waals surface area contributed by atoms with E-state index in [-0.39, 0.29) is 5.56 Å². The number of fused-ring (bicyclic) bond motifs is 2. The molecule has 0 amide bonds. The second-order valence-corrected chi connectivity index (χ2v) is 8.95. The maximum absolute atomic E-state index is 12.2. The standard InChI is InChI=1S/C29H32N2O3/c1-7-30-24-15-26-22(13-18(24)5)28(20-11-9-10-12-21(20)29(32)33)23-14-19(6)25(16-27(23)34-26)31(8-2)17(3)4/h9-17H,7-8H2,1-6H3,(H,32,33). The molecule has 0 saturated heterocycles. The van der Waals surface area contributed by atoms with Crippen LogP contribution in [0, 0.1) is 13.8 Å². The summed E-state index contributed by atoms with van der Waals surface area (Å²) in [6, 6.07) is 15.8. The number of rotatable bonds is 6. The number of hydrogen-bond acceptors (Lipinski definition) is 4. The van der Waals surface area contributed by atoms with E-state index in [0.29, 0.717) is 23.9 Å². The first-order valence-corrected chi connectivity index (χ1v) is 11.9. The summed E-state index contributed by atoms with van der Waals surface area (Å²) >= 11 is 0. The van der Waals surface area contributed by atoms with Crippen molar-refractivity contribution in [1.82, 2.24) is 0 Å².